The first-order valence-corrected chi connectivity index (χ1v) is 18.7. The summed E-state index contributed by atoms with van der Waals surface area (Å²) in [5, 5.41) is 22.7. The molecule has 2 heterocycles. The number of alkyl halides is 5. The molecule has 3 fully saturated rings. The molecule has 5 N–H and O–H groups in total. The van der Waals surface area contributed by atoms with Gasteiger partial charge in [-0.2, -0.15) is 22.0 Å². The van der Waals surface area contributed by atoms with Crippen LogP contribution in [0.4, 0.5) is 22.0 Å². The number of carbonyl (C=O) groups excluding carboxylic acids is 2. The molecule has 9 nitrogen and oxygen atoms in total. The SMILES string of the molecule is NC1CC2CCC(C1)N2C(=O)[C@H](NC(=O)[C@H](O)c1ccc2cc(OC3CCCC3)ccc2c1)C(F)(F)c1ccc(-c2ccc(Cl)cc2)cc1.O=C(O)C(F)(F)F. The molecule has 7 rings (SSSR count). The van der Waals surface area contributed by atoms with Gasteiger partial charge in [0.05, 0.1) is 6.10 Å². The van der Waals surface area contributed by atoms with Crippen LogP contribution in [0.15, 0.2) is 84.9 Å². The van der Waals surface area contributed by atoms with Gasteiger partial charge in [-0.05, 0) is 109 Å². The maximum absolute atomic E-state index is 16.6. The van der Waals surface area contributed by atoms with E-state index in [-0.39, 0.29) is 29.8 Å². The molecule has 298 valence electrons. The van der Waals surface area contributed by atoms with E-state index in [4.69, 9.17) is 32.0 Å². The van der Waals surface area contributed by atoms with Crippen molar-refractivity contribution in [3.8, 4) is 16.9 Å². The second-order valence-electron chi connectivity index (χ2n) is 14.5. The van der Waals surface area contributed by atoms with Gasteiger partial charge in [0.25, 0.3) is 11.8 Å². The topological polar surface area (TPSA) is 142 Å². The fourth-order valence-corrected chi connectivity index (χ4v) is 7.91. The quantitative estimate of drug-likeness (QED) is 0.126. The average molecular weight is 802 g/mol. The number of benzene rings is 4. The molecule has 2 aliphatic heterocycles. The van der Waals surface area contributed by atoms with E-state index in [2.05, 4.69) is 5.32 Å². The van der Waals surface area contributed by atoms with Gasteiger partial charge in [0.1, 0.15) is 5.75 Å². The van der Waals surface area contributed by atoms with E-state index < -0.39 is 47.6 Å². The number of carbonyl (C=O) groups is 3. The second kappa shape index (κ2) is 16.7. The lowest BCUT2D eigenvalue weighted by atomic mass is 9.93. The van der Waals surface area contributed by atoms with Crippen molar-refractivity contribution in [2.24, 2.45) is 5.73 Å². The van der Waals surface area contributed by atoms with Crippen LogP contribution in [0.25, 0.3) is 21.9 Å². The summed E-state index contributed by atoms with van der Waals surface area (Å²) < 4.78 is 71.0. The molecule has 4 aromatic rings. The molecule has 2 saturated heterocycles. The van der Waals surface area contributed by atoms with Gasteiger partial charge in [-0.25, -0.2) is 4.79 Å². The Morgan fingerprint density at radius 1 is 0.804 bits per heavy atom. The summed E-state index contributed by atoms with van der Waals surface area (Å²) >= 11 is 6.01. The van der Waals surface area contributed by atoms with Crippen LogP contribution in [0.1, 0.15) is 68.6 Å². The first-order valence-electron chi connectivity index (χ1n) is 18.3. The summed E-state index contributed by atoms with van der Waals surface area (Å²) in [6, 6.07) is 20.3. The first-order chi connectivity index (χ1) is 26.5. The van der Waals surface area contributed by atoms with E-state index in [1.54, 1.807) is 54.6 Å². The van der Waals surface area contributed by atoms with E-state index in [1.165, 1.54) is 17.0 Å². The van der Waals surface area contributed by atoms with Gasteiger partial charge in [-0.3, -0.25) is 9.59 Å². The average Bonchev–Trinajstić information content (AvgIpc) is 3.78. The molecule has 2 unspecified atom stereocenters. The van der Waals surface area contributed by atoms with Crippen molar-refractivity contribution >= 4 is 40.2 Å². The van der Waals surface area contributed by atoms with Crippen LogP contribution < -0.4 is 15.8 Å². The predicted molar refractivity (Wildman–Crippen MR) is 199 cm³/mol. The van der Waals surface area contributed by atoms with E-state index in [0.717, 1.165) is 47.8 Å². The van der Waals surface area contributed by atoms with E-state index in [0.29, 0.717) is 36.3 Å². The highest BCUT2D eigenvalue weighted by Gasteiger charge is 2.53. The molecular weight excluding hydrogens is 761 g/mol. The van der Waals surface area contributed by atoms with Crippen LogP contribution in [0, 0.1) is 0 Å². The van der Waals surface area contributed by atoms with Crippen molar-refractivity contribution in [1.82, 2.24) is 10.2 Å². The zero-order valence-corrected chi connectivity index (χ0v) is 30.8. The van der Waals surface area contributed by atoms with Gasteiger partial charge in [0, 0.05) is 28.7 Å². The number of fused-ring (bicyclic) bond motifs is 3. The standard InChI is InChI=1S/C39H40ClF2N3O4.C2HF3O2/c40-29-14-9-24(10-15-29)23-7-12-28(13-8-23)39(41,42)36(38(48)45-31-16-17-32(45)22-30(43)21-31)44-37(47)35(46)27-6-5-26-20-34(18-11-25(26)19-27)49-33-3-1-2-4-33;3-2(4,5)1(6)7/h5-15,18-20,30-33,35-36,46H,1-4,16-17,21-22,43H2,(H,44,47);(H,6,7)/t30?,31?,32?,35-,36+;/m1./s1. The van der Waals surface area contributed by atoms with E-state index >= 15 is 8.78 Å². The number of carboxylic acid groups (broad SMARTS) is 1. The fourth-order valence-electron chi connectivity index (χ4n) is 7.79. The molecule has 1 aliphatic carbocycles. The number of piperidine rings is 1. The summed E-state index contributed by atoms with van der Waals surface area (Å²) in [4.78, 5) is 38.1. The Morgan fingerprint density at radius 3 is 1.91 bits per heavy atom. The third-order valence-corrected chi connectivity index (χ3v) is 10.9. The summed E-state index contributed by atoms with van der Waals surface area (Å²) in [7, 11) is 0. The highest BCUT2D eigenvalue weighted by molar-refractivity contribution is 6.30. The molecule has 1 saturated carbocycles. The van der Waals surface area contributed by atoms with Gasteiger partial charge >= 0.3 is 18.1 Å². The van der Waals surface area contributed by atoms with Crippen LogP contribution in [0.5, 0.6) is 5.75 Å². The monoisotopic (exact) mass is 801 g/mol. The molecule has 0 radical (unpaired) electrons. The van der Waals surface area contributed by atoms with Crippen molar-refractivity contribution in [2.75, 3.05) is 0 Å². The van der Waals surface area contributed by atoms with Crippen LogP contribution in [-0.4, -0.2) is 69.3 Å². The Labute approximate surface area is 324 Å². The van der Waals surface area contributed by atoms with Gasteiger partial charge in [0.2, 0.25) is 0 Å². The van der Waals surface area contributed by atoms with Gasteiger partial charge in [-0.1, -0.05) is 66.2 Å². The van der Waals surface area contributed by atoms with Crippen LogP contribution in [0.2, 0.25) is 5.02 Å². The summed E-state index contributed by atoms with van der Waals surface area (Å²) in [6.07, 6.45) is 0.0591. The highest BCUT2D eigenvalue weighted by atomic mass is 35.5. The number of rotatable bonds is 9. The van der Waals surface area contributed by atoms with Gasteiger partial charge in [-0.15, -0.1) is 0 Å². The predicted octanol–water partition coefficient (Wildman–Crippen LogP) is 7.91. The normalized spacial score (nSPS) is 20.9. The molecule has 15 heteroatoms. The number of aliphatic hydroxyl groups excluding tert-OH is 1. The summed E-state index contributed by atoms with van der Waals surface area (Å²) in [5.41, 5.74) is 7.48. The maximum Gasteiger partial charge on any atom is 0.490 e. The summed E-state index contributed by atoms with van der Waals surface area (Å²) in [5.74, 6) is -7.77. The Balaban J connectivity index is 0.000000695. The minimum Gasteiger partial charge on any atom is -0.490 e. The first kappa shape index (κ1) is 40.9. The zero-order valence-electron chi connectivity index (χ0n) is 30.0. The number of nitrogens with two attached hydrogens (primary N) is 1. The zero-order chi connectivity index (χ0) is 40.4. The number of carboxylic acids is 1. The smallest absolute Gasteiger partial charge is 0.490 e. The molecule has 0 spiro atoms. The Hall–Kier alpha value is -4.79. The number of aliphatic hydroxyl groups is 1. The number of nitrogens with zero attached hydrogens (tertiary/aromatic N) is 1. The lowest BCUT2D eigenvalue weighted by molar-refractivity contribution is -0.192. The van der Waals surface area contributed by atoms with Crippen LogP contribution >= 0.6 is 11.6 Å². The molecule has 4 atom stereocenters. The molecule has 2 bridgehead atoms. The highest BCUT2D eigenvalue weighted by Crippen LogP contribution is 2.40. The van der Waals surface area contributed by atoms with E-state index in [1.807, 2.05) is 18.2 Å². The number of nitrogens with one attached hydrogen (secondary N) is 1. The molecule has 3 aliphatic rings. The lowest BCUT2D eigenvalue weighted by Crippen LogP contribution is -2.61. The number of halogens is 6. The number of hydrogen-bond donors (Lipinski definition) is 4. The third-order valence-electron chi connectivity index (χ3n) is 10.6. The van der Waals surface area contributed by atoms with Crippen LogP contribution in [-0.2, 0) is 20.3 Å². The Morgan fingerprint density at radius 2 is 1.34 bits per heavy atom. The lowest BCUT2D eigenvalue weighted by Gasteiger charge is -2.41. The van der Waals surface area contributed by atoms with Gasteiger partial charge < -0.3 is 30.9 Å². The molecule has 2 amide bonds. The van der Waals surface area contributed by atoms with Crippen molar-refractivity contribution in [2.45, 2.75) is 99.8 Å². The van der Waals surface area contributed by atoms with Crippen LogP contribution in [0.3, 0.4) is 0 Å². The van der Waals surface area contributed by atoms with Crippen molar-refractivity contribution in [3.63, 3.8) is 0 Å². The third kappa shape index (κ3) is 9.25. The number of hydrogen-bond acceptors (Lipinski definition) is 6. The molecule has 0 aromatic heterocycles. The summed E-state index contributed by atoms with van der Waals surface area (Å²) in [6.45, 7) is 0. The van der Waals surface area contributed by atoms with Gasteiger partial charge in [0.15, 0.2) is 12.1 Å². The Kier molecular flexibility index (Phi) is 12.2. The van der Waals surface area contributed by atoms with Crippen molar-refractivity contribution in [3.05, 3.63) is 101 Å². The van der Waals surface area contributed by atoms with Crippen molar-refractivity contribution < 1.29 is 51.3 Å². The fraction of sp³-hybridized carbons (Fsp3) is 0.390. The second-order valence-corrected chi connectivity index (χ2v) is 14.9. The Bertz CT molecular complexity index is 2030. The number of ether oxygens (including phenoxy) is 1. The van der Waals surface area contributed by atoms with E-state index in [9.17, 15) is 27.9 Å². The number of aliphatic carboxylic acids is 1. The molecule has 4 aromatic carbocycles. The maximum atomic E-state index is 16.6. The minimum absolute atomic E-state index is 0.115. The molecule has 56 heavy (non-hydrogen) atoms. The largest absolute Gasteiger partial charge is 0.490 e. The number of amides is 2. The molecular formula is C41H41ClF5N3O6. The minimum atomic E-state index is -5.08. The van der Waals surface area contributed by atoms with Crippen molar-refractivity contribution in [1.29, 1.82) is 0 Å².